The van der Waals surface area contributed by atoms with Crippen LogP contribution in [0.3, 0.4) is 0 Å². The largest absolute Gasteiger partial charge is 0.497 e. The molecular weight excluding hydrogens is 501 g/mol. The van der Waals surface area contributed by atoms with Gasteiger partial charge in [-0.2, -0.15) is 0 Å². The van der Waals surface area contributed by atoms with Gasteiger partial charge >= 0.3 is 8.60 Å². The summed E-state index contributed by atoms with van der Waals surface area (Å²) < 4.78 is 36.2. The number of aliphatic hydroxyl groups excluding tert-OH is 1. The lowest BCUT2D eigenvalue weighted by Gasteiger charge is -2.20. The first-order chi connectivity index (χ1) is 18.0. The van der Waals surface area contributed by atoms with Crippen LogP contribution in [0.15, 0.2) is 61.2 Å². The van der Waals surface area contributed by atoms with Crippen molar-refractivity contribution in [1.82, 2.24) is 19.5 Å². The summed E-state index contributed by atoms with van der Waals surface area (Å²) in [6.07, 6.45) is 1.26. The summed E-state index contributed by atoms with van der Waals surface area (Å²) in [5.74, 6) is 2.76. The molecule has 0 spiro atoms. The van der Waals surface area contributed by atoms with Crippen molar-refractivity contribution in [3.05, 3.63) is 61.2 Å². The average Bonchev–Trinajstić information content (AvgIpc) is 3.52. The highest BCUT2D eigenvalue weighted by molar-refractivity contribution is 7.42. The summed E-state index contributed by atoms with van der Waals surface area (Å²) in [7, 11) is 1.32. The van der Waals surface area contributed by atoms with E-state index in [0.29, 0.717) is 40.6 Å². The molecule has 1 aliphatic rings. The van der Waals surface area contributed by atoms with Crippen molar-refractivity contribution in [2.75, 3.05) is 26.6 Å². The summed E-state index contributed by atoms with van der Waals surface area (Å²) in [5.41, 5.74) is 6.80. The Bertz CT molecular complexity index is 1270. The quantitative estimate of drug-likeness (QED) is 0.292. The van der Waals surface area contributed by atoms with Crippen molar-refractivity contribution in [3.8, 4) is 23.0 Å². The number of anilines is 1. The number of nitrogens with zero attached hydrogens (tertiary/aromatic N) is 4. The Hall–Kier alpha value is -3.70. The normalized spacial score (nSPS) is 19.3. The molecule has 0 bridgehead atoms. The number of hydrogen-bond donors (Lipinski definition) is 2. The third-order valence-electron chi connectivity index (χ3n) is 5.67. The molecule has 2 aromatic carbocycles. The summed E-state index contributed by atoms with van der Waals surface area (Å²) in [6.45, 7) is 0.120. The number of aliphatic hydroxyl groups is 1. The van der Waals surface area contributed by atoms with Gasteiger partial charge in [0.15, 0.2) is 17.7 Å². The van der Waals surface area contributed by atoms with Crippen LogP contribution in [0.25, 0.3) is 11.2 Å². The first-order valence-electron chi connectivity index (χ1n) is 11.4. The third kappa shape index (κ3) is 5.67. The standard InChI is InChI=1S/C24H26N5O7P/c1-31-15-3-7-17(8-4-15)35-37(36-18-9-5-16(32-2)6-10-18)33-12-19-11-20(30)24(34-19)29-14-28-21-22(25)26-13-27-23(21)29/h3-10,13-14,19-20,24,30H,11-12H2,1-2H3,(H2,25,26,27). The molecule has 2 aromatic heterocycles. The van der Waals surface area contributed by atoms with Crippen LogP contribution in [0.1, 0.15) is 12.6 Å². The van der Waals surface area contributed by atoms with E-state index in [0.717, 1.165) is 0 Å². The average molecular weight is 527 g/mol. The Morgan fingerprint density at radius 1 is 0.946 bits per heavy atom. The lowest BCUT2D eigenvalue weighted by atomic mass is 10.2. The zero-order valence-corrected chi connectivity index (χ0v) is 21.0. The molecular formula is C24H26N5O7P. The van der Waals surface area contributed by atoms with Crippen LogP contribution in [-0.4, -0.2) is 57.7 Å². The van der Waals surface area contributed by atoms with Gasteiger partial charge in [-0.15, -0.1) is 0 Å². The highest BCUT2D eigenvalue weighted by Gasteiger charge is 2.37. The highest BCUT2D eigenvalue weighted by atomic mass is 31.2. The second-order valence-corrected chi connectivity index (χ2v) is 9.16. The van der Waals surface area contributed by atoms with E-state index in [1.807, 2.05) is 0 Å². The molecule has 4 aromatic rings. The van der Waals surface area contributed by atoms with Crippen LogP contribution in [0.5, 0.6) is 23.0 Å². The number of rotatable bonds is 10. The van der Waals surface area contributed by atoms with Crippen LogP contribution in [0.4, 0.5) is 5.82 Å². The molecule has 0 saturated carbocycles. The van der Waals surface area contributed by atoms with E-state index in [9.17, 15) is 5.11 Å². The van der Waals surface area contributed by atoms with Gasteiger partial charge < -0.3 is 34.1 Å². The number of imidazole rings is 1. The fourth-order valence-electron chi connectivity index (χ4n) is 3.80. The first-order valence-corrected chi connectivity index (χ1v) is 12.5. The Labute approximate surface area is 213 Å². The van der Waals surface area contributed by atoms with E-state index >= 15 is 0 Å². The Morgan fingerprint density at radius 3 is 2.14 bits per heavy atom. The highest BCUT2D eigenvalue weighted by Crippen LogP contribution is 2.43. The molecule has 3 atom stereocenters. The number of aromatic nitrogens is 4. The molecule has 1 fully saturated rings. The lowest BCUT2D eigenvalue weighted by molar-refractivity contribution is -0.0463. The van der Waals surface area contributed by atoms with Crippen molar-refractivity contribution in [3.63, 3.8) is 0 Å². The van der Waals surface area contributed by atoms with Crippen molar-refractivity contribution < 1.29 is 32.9 Å². The van der Waals surface area contributed by atoms with Gasteiger partial charge in [-0.1, -0.05) is 0 Å². The predicted molar refractivity (Wildman–Crippen MR) is 134 cm³/mol. The smallest absolute Gasteiger partial charge is 0.463 e. The van der Waals surface area contributed by atoms with E-state index in [4.69, 9.17) is 33.5 Å². The van der Waals surface area contributed by atoms with Gasteiger partial charge in [0.05, 0.1) is 33.3 Å². The van der Waals surface area contributed by atoms with Crippen LogP contribution >= 0.6 is 8.60 Å². The molecule has 3 N–H and O–H groups in total. The lowest BCUT2D eigenvalue weighted by Crippen LogP contribution is -2.19. The van der Waals surface area contributed by atoms with Gasteiger partial charge in [0, 0.05) is 6.42 Å². The first kappa shape index (κ1) is 25.0. The molecule has 0 aliphatic carbocycles. The van der Waals surface area contributed by atoms with Crippen LogP contribution in [0.2, 0.25) is 0 Å². The Balaban J connectivity index is 1.27. The number of nitrogen functional groups attached to an aromatic ring is 1. The number of benzene rings is 2. The second kappa shape index (κ2) is 11.1. The van der Waals surface area contributed by atoms with E-state index in [1.165, 1.54) is 12.7 Å². The van der Waals surface area contributed by atoms with Gasteiger partial charge in [-0.05, 0) is 48.5 Å². The number of fused-ring (bicyclic) bond motifs is 1. The van der Waals surface area contributed by atoms with E-state index in [-0.39, 0.29) is 12.4 Å². The SMILES string of the molecule is COc1ccc(OP(OCC2CC(O)C(n3cnc4c(N)ncnc43)O2)Oc2ccc(OC)cc2)cc1. The van der Waals surface area contributed by atoms with E-state index in [2.05, 4.69) is 15.0 Å². The molecule has 3 unspecified atom stereocenters. The summed E-state index contributed by atoms with van der Waals surface area (Å²) in [6, 6.07) is 14.2. The molecule has 0 amide bonds. The van der Waals surface area contributed by atoms with Gasteiger partial charge in [0.1, 0.15) is 40.9 Å². The van der Waals surface area contributed by atoms with E-state index in [1.54, 1.807) is 67.3 Å². The summed E-state index contributed by atoms with van der Waals surface area (Å²) in [5, 5.41) is 10.7. The molecule has 1 aliphatic heterocycles. The van der Waals surface area contributed by atoms with Crippen LogP contribution < -0.4 is 24.3 Å². The fraction of sp³-hybridized carbons (Fsp3) is 0.292. The van der Waals surface area contributed by atoms with Crippen LogP contribution in [-0.2, 0) is 9.26 Å². The molecule has 194 valence electrons. The summed E-state index contributed by atoms with van der Waals surface area (Å²) >= 11 is 0. The molecule has 13 heteroatoms. The Morgan fingerprint density at radius 2 is 1.54 bits per heavy atom. The van der Waals surface area contributed by atoms with Gasteiger partial charge in [0.25, 0.3) is 0 Å². The second-order valence-electron chi connectivity index (χ2n) is 8.09. The van der Waals surface area contributed by atoms with Crippen molar-refractivity contribution in [2.45, 2.75) is 24.9 Å². The maximum absolute atomic E-state index is 10.7. The molecule has 12 nitrogen and oxygen atoms in total. The zero-order valence-electron chi connectivity index (χ0n) is 20.1. The molecule has 1 saturated heterocycles. The van der Waals surface area contributed by atoms with Gasteiger partial charge in [-0.3, -0.25) is 9.09 Å². The van der Waals surface area contributed by atoms with Crippen molar-refractivity contribution in [1.29, 1.82) is 0 Å². The maximum Gasteiger partial charge on any atom is 0.463 e. The summed E-state index contributed by atoms with van der Waals surface area (Å²) in [4.78, 5) is 12.4. The number of methoxy groups -OCH3 is 2. The minimum absolute atomic E-state index is 0.120. The topological polar surface area (TPSA) is 145 Å². The number of nitrogens with two attached hydrogens (primary N) is 1. The fourth-order valence-corrected chi connectivity index (χ4v) is 4.82. The number of hydrogen-bond acceptors (Lipinski definition) is 11. The van der Waals surface area contributed by atoms with Crippen molar-refractivity contribution >= 4 is 25.6 Å². The molecule has 37 heavy (non-hydrogen) atoms. The monoisotopic (exact) mass is 527 g/mol. The number of ether oxygens (including phenoxy) is 3. The molecule has 3 heterocycles. The zero-order chi connectivity index (χ0) is 25.8. The predicted octanol–water partition coefficient (Wildman–Crippen LogP) is 3.48. The van der Waals surface area contributed by atoms with Gasteiger partial charge in [0.2, 0.25) is 0 Å². The third-order valence-corrected chi connectivity index (χ3v) is 6.75. The van der Waals surface area contributed by atoms with Crippen molar-refractivity contribution in [2.24, 2.45) is 0 Å². The molecule has 5 rings (SSSR count). The van der Waals surface area contributed by atoms with E-state index < -0.39 is 27.0 Å². The molecule has 0 radical (unpaired) electrons. The minimum Gasteiger partial charge on any atom is -0.497 e. The maximum atomic E-state index is 10.7. The minimum atomic E-state index is -1.86. The van der Waals surface area contributed by atoms with Gasteiger partial charge in [-0.25, -0.2) is 15.0 Å². The van der Waals surface area contributed by atoms with Crippen LogP contribution in [0, 0.1) is 0 Å². The Kier molecular flexibility index (Phi) is 7.52.